The Morgan fingerprint density at radius 3 is 2.38 bits per heavy atom. The van der Waals surface area contributed by atoms with E-state index in [-0.39, 0.29) is 0 Å². The Balaban J connectivity index is 2.58. The van der Waals surface area contributed by atoms with Gasteiger partial charge >= 0.3 is 0 Å². The normalized spacial score (nSPS) is 12.8. The van der Waals surface area contributed by atoms with Crippen LogP contribution in [0.3, 0.4) is 0 Å². The standard InChI is InChI=1S/C11H14BrI/c1-2-9(8-12)7-10-3-5-11(13)6-4-10/h3-6,9H,2,7-8H2,1H3. The summed E-state index contributed by atoms with van der Waals surface area (Å²) in [5, 5.41) is 1.11. The van der Waals surface area contributed by atoms with Crippen LogP contribution >= 0.6 is 38.5 Å². The van der Waals surface area contributed by atoms with Crippen molar-refractivity contribution in [2.45, 2.75) is 19.8 Å². The molecule has 0 aliphatic heterocycles. The number of hydrogen-bond acceptors (Lipinski definition) is 0. The molecule has 0 aliphatic carbocycles. The molecule has 0 bridgehead atoms. The highest BCUT2D eigenvalue weighted by atomic mass is 127. The van der Waals surface area contributed by atoms with Crippen molar-refractivity contribution < 1.29 is 0 Å². The molecule has 0 saturated heterocycles. The SMILES string of the molecule is CCC(CBr)Cc1ccc(I)cc1. The van der Waals surface area contributed by atoms with E-state index in [1.165, 1.54) is 22.0 Å². The summed E-state index contributed by atoms with van der Waals surface area (Å²) in [6.07, 6.45) is 2.44. The van der Waals surface area contributed by atoms with Gasteiger partial charge in [-0.2, -0.15) is 0 Å². The molecule has 0 N–H and O–H groups in total. The van der Waals surface area contributed by atoms with Gasteiger partial charge in [0.05, 0.1) is 0 Å². The Labute approximate surface area is 102 Å². The first kappa shape index (κ1) is 11.5. The Morgan fingerprint density at radius 2 is 1.92 bits per heavy atom. The van der Waals surface area contributed by atoms with E-state index >= 15 is 0 Å². The molecular formula is C11H14BrI. The molecule has 0 aliphatic rings. The van der Waals surface area contributed by atoms with Crippen LogP contribution in [0.2, 0.25) is 0 Å². The Morgan fingerprint density at radius 1 is 1.31 bits per heavy atom. The van der Waals surface area contributed by atoms with Crippen LogP contribution in [-0.4, -0.2) is 5.33 Å². The first-order valence-electron chi connectivity index (χ1n) is 4.56. The van der Waals surface area contributed by atoms with Crippen molar-refractivity contribution in [1.29, 1.82) is 0 Å². The summed E-state index contributed by atoms with van der Waals surface area (Å²) in [6, 6.07) is 8.81. The van der Waals surface area contributed by atoms with Crippen LogP contribution in [0, 0.1) is 9.49 Å². The summed E-state index contributed by atoms with van der Waals surface area (Å²) >= 11 is 5.89. The quantitative estimate of drug-likeness (QED) is 0.561. The largest absolute Gasteiger partial charge is 0.0925 e. The van der Waals surface area contributed by atoms with Gasteiger partial charge in [0.1, 0.15) is 0 Å². The number of rotatable bonds is 4. The summed E-state index contributed by atoms with van der Waals surface area (Å²) in [7, 11) is 0. The second-order valence-corrected chi connectivity index (χ2v) is 5.15. The molecule has 72 valence electrons. The lowest BCUT2D eigenvalue weighted by molar-refractivity contribution is 0.574. The van der Waals surface area contributed by atoms with E-state index in [9.17, 15) is 0 Å². The van der Waals surface area contributed by atoms with Gasteiger partial charge in [-0.25, -0.2) is 0 Å². The van der Waals surface area contributed by atoms with Crippen LogP contribution < -0.4 is 0 Å². The summed E-state index contributed by atoms with van der Waals surface area (Å²) in [6.45, 7) is 2.25. The van der Waals surface area contributed by atoms with Crippen molar-refractivity contribution in [2.24, 2.45) is 5.92 Å². The van der Waals surface area contributed by atoms with Gasteiger partial charge in [0.25, 0.3) is 0 Å². The molecule has 0 heterocycles. The Kier molecular flexibility index (Phi) is 5.32. The minimum atomic E-state index is 0.778. The lowest BCUT2D eigenvalue weighted by Crippen LogP contribution is -2.04. The summed E-state index contributed by atoms with van der Waals surface area (Å²) in [5.41, 5.74) is 1.45. The van der Waals surface area contributed by atoms with E-state index in [1.807, 2.05) is 0 Å². The molecule has 0 nitrogen and oxygen atoms in total. The van der Waals surface area contributed by atoms with E-state index in [2.05, 4.69) is 69.7 Å². The van der Waals surface area contributed by atoms with Gasteiger partial charge in [0.2, 0.25) is 0 Å². The van der Waals surface area contributed by atoms with Crippen molar-refractivity contribution >= 4 is 38.5 Å². The maximum absolute atomic E-state index is 3.55. The molecule has 0 spiro atoms. The Bertz CT molecular complexity index is 239. The molecule has 0 amide bonds. The van der Waals surface area contributed by atoms with Crippen molar-refractivity contribution in [1.82, 2.24) is 0 Å². The van der Waals surface area contributed by atoms with E-state index in [4.69, 9.17) is 0 Å². The minimum absolute atomic E-state index is 0.778. The molecule has 2 heteroatoms. The molecule has 1 aromatic carbocycles. The third kappa shape index (κ3) is 3.98. The van der Waals surface area contributed by atoms with Crippen LogP contribution in [0.5, 0.6) is 0 Å². The fourth-order valence-corrected chi connectivity index (χ4v) is 2.31. The predicted octanol–water partition coefficient (Wildman–Crippen LogP) is 4.25. The highest BCUT2D eigenvalue weighted by molar-refractivity contribution is 14.1. The third-order valence-corrected chi connectivity index (χ3v) is 3.87. The first-order chi connectivity index (χ1) is 6.26. The van der Waals surface area contributed by atoms with Crippen LogP contribution in [-0.2, 0) is 6.42 Å². The van der Waals surface area contributed by atoms with E-state index in [1.54, 1.807) is 0 Å². The minimum Gasteiger partial charge on any atom is -0.0925 e. The van der Waals surface area contributed by atoms with Gasteiger partial charge in [0, 0.05) is 8.90 Å². The van der Waals surface area contributed by atoms with Crippen LogP contribution in [0.1, 0.15) is 18.9 Å². The molecule has 1 atom stereocenters. The average Bonchev–Trinajstić information content (AvgIpc) is 2.17. The van der Waals surface area contributed by atoms with Crippen LogP contribution in [0.15, 0.2) is 24.3 Å². The summed E-state index contributed by atoms with van der Waals surface area (Å²) < 4.78 is 1.31. The van der Waals surface area contributed by atoms with Crippen molar-refractivity contribution in [3.05, 3.63) is 33.4 Å². The highest BCUT2D eigenvalue weighted by Crippen LogP contribution is 2.15. The first-order valence-corrected chi connectivity index (χ1v) is 6.76. The van der Waals surface area contributed by atoms with E-state index in [0.717, 1.165) is 11.2 Å². The second kappa shape index (κ2) is 6.02. The average molecular weight is 353 g/mol. The maximum atomic E-state index is 3.55. The van der Waals surface area contributed by atoms with Gasteiger partial charge in [-0.1, -0.05) is 41.4 Å². The molecule has 13 heavy (non-hydrogen) atoms. The molecule has 1 aromatic rings. The van der Waals surface area contributed by atoms with E-state index in [0.29, 0.717) is 0 Å². The molecule has 1 rings (SSSR count). The fourth-order valence-electron chi connectivity index (χ4n) is 1.26. The molecule has 1 unspecified atom stereocenters. The monoisotopic (exact) mass is 352 g/mol. The number of benzene rings is 1. The third-order valence-electron chi connectivity index (χ3n) is 2.23. The zero-order chi connectivity index (χ0) is 9.68. The summed E-state index contributed by atoms with van der Waals surface area (Å²) in [4.78, 5) is 0. The van der Waals surface area contributed by atoms with Gasteiger partial charge in [-0.3, -0.25) is 0 Å². The lowest BCUT2D eigenvalue weighted by atomic mass is 9.99. The molecule has 0 aromatic heterocycles. The second-order valence-electron chi connectivity index (χ2n) is 3.26. The zero-order valence-electron chi connectivity index (χ0n) is 7.76. The number of alkyl halides is 1. The van der Waals surface area contributed by atoms with Gasteiger partial charge in [-0.05, 0) is 52.6 Å². The highest BCUT2D eigenvalue weighted by Gasteiger charge is 2.04. The summed E-state index contributed by atoms with van der Waals surface area (Å²) in [5.74, 6) is 0.778. The molecule has 0 radical (unpaired) electrons. The van der Waals surface area contributed by atoms with Crippen LogP contribution in [0.25, 0.3) is 0 Å². The number of hydrogen-bond donors (Lipinski definition) is 0. The van der Waals surface area contributed by atoms with Gasteiger partial charge in [-0.15, -0.1) is 0 Å². The van der Waals surface area contributed by atoms with Crippen molar-refractivity contribution in [2.75, 3.05) is 5.33 Å². The maximum Gasteiger partial charge on any atom is 0.0130 e. The molecule has 0 saturated carbocycles. The lowest BCUT2D eigenvalue weighted by Gasteiger charge is -2.10. The Hall–Kier alpha value is 0.430. The molecule has 0 fully saturated rings. The van der Waals surface area contributed by atoms with Crippen LogP contribution in [0.4, 0.5) is 0 Å². The molecular weight excluding hydrogens is 339 g/mol. The van der Waals surface area contributed by atoms with Gasteiger partial charge < -0.3 is 0 Å². The van der Waals surface area contributed by atoms with Crippen molar-refractivity contribution in [3.8, 4) is 0 Å². The predicted molar refractivity (Wildman–Crippen MR) is 70.4 cm³/mol. The van der Waals surface area contributed by atoms with Gasteiger partial charge in [0.15, 0.2) is 0 Å². The van der Waals surface area contributed by atoms with E-state index < -0.39 is 0 Å². The number of halogens is 2. The zero-order valence-corrected chi connectivity index (χ0v) is 11.5. The smallest absolute Gasteiger partial charge is 0.0130 e. The topological polar surface area (TPSA) is 0 Å². The van der Waals surface area contributed by atoms with Crippen molar-refractivity contribution in [3.63, 3.8) is 0 Å². The fraction of sp³-hybridized carbons (Fsp3) is 0.455.